The summed E-state index contributed by atoms with van der Waals surface area (Å²) >= 11 is 6.15. The first-order valence-corrected chi connectivity index (χ1v) is 6.11. The number of fused-ring (bicyclic) bond motifs is 1. The highest BCUT2D eigenvalue weighted by Crippen LogP contribution is 2.22. The zero-order chi connectivity index (χ0) is 12.7. The highest BCUT2D eigenvalue weighted by atomic mass is 35.5. The van der Waals surface area contributed by atoms with Gasteiger partial charge in [0.25, 0.3) is 0 Å². The molecule has 0 atom stereocenters. The van der Waals surface area contributed by atoms with Crippen molar-refractivity contribution in [1.82, 2.24) is 14.6 Å². The molecule has 0 fully saturated rings. The molecular formula is C14H12ClN3. The van der Waals surface area contributed by atoms with E-state index in [0.717, 1.165) is 22.6 Å². The maximum absolute atomic E-state index is 6.15. The van der Waals surface area contributed by atoms with Crippen molar-refractivity contribution in [3.05, 3.63) is 52.8 Å². The molecular weight excluding hydrogens is 246 g/mol. The zero-order valence-corrected chi connectivity index (χ0v) is 10.9. The number of rotatable bonds is 1. The summed E-state index contributed by atoms with van der Waals surface area (Å²) in [4.78, 5) is 4.42. The Morgan fingerprint density at radius 1 is 1.11 bits per heavy atom. The van der Waals surface area contributed by atoms with Crippen LogP contribution in [-0.2, 0) is 0 Å². The van der Waals surface area contributed by atoms with Gasteiger partial charge in [0, 0.05) is 17.3 Å². The summed E-state index contributed by atoms with van der Waals surface area (Å²) in [5, 5.41) is 5.07. The van der Waals surface area contributed by atoms with Crippen molar-refractivity contribution < 1.29 is 0 Å². The summed E-state index contributed by atoms with van der Waals surface area (Å²) in [6, 6.07) is 12.0. The standard InChI is InChI=1S/C14H12ClN3/c1-9-4-3-5-11(6-9)12-8-14-16-10(2)7-13(15)18(14)17-12/h3-8H,1-2H3. The Hall–Kier alpha value is -1.87. The minimum atomic E-state index is 0.580. The fraction of sp³-hybridized carbons (Fsp3) is 0.143. The predicted molar refractivity (Wildman–Crippen MR) is 72.9 cm³/mol. The van der Waals surface area contributed by atoms with Crippen molar-refractivity contribution in [3.63, 3.8) is 0 Å². The number of hydrogen-bond acceptors (Lipinski definition) is 2. The van der Waals surface area contributed by atoms with Crippen molar-refractivity contribution in [1.29, 1.82) is 0 Å². The molecule has 0 bridgehead atoms. The Morgan fingerprint density at radius 3 is 2.72 bits per heavy atom. The van der Waals surface area contributed by atoms with E-state index >= 15 is 0 Å². The van der Waals surface area contributed by atoms with Crippen molar-refractivity contribution >= 4 is 17.2 Å². The molecule has 4 heteroatoms. The summed E-state index contributed by atoms with van der Waals surface area (Å²) in [6.07, 6.45) is 0. The van der Waals surface area contributed by atoms with Gasteiger partial charge in [0.2, 0.25) is 0 Å². The molecule has 0 saturated heterocycles. The van der Waals surface area contributed by atoms with Crippen LogP contribution in [0.1, 0.15) is 11.3 Å². The van der Waals surface area contributed by atoms with Crippen LogP contribution in [0.4, 0.5) is 0 Å². The number of benzene rings is 1. The molecule has 3 aromatic rings. The van der Waals surface area contributed by atoms with Crippen LogP contribution in [0, 0.1) is 13.8 Å². The van der Waals surface area contributed by atoms with Crippen LogP contribution in [0.2, 0.25) is 5.15 Å². The number of nitrogens with zero attached hydrogens (tertiary/aromatic N) is 3. The summed E-state index contributed by atoms with van der Waals surface area (Å²) in [5.41, 5.74) is 4.84. The molecule has 0 unspecified atom stereocenters. The van der Waals surface area contributed by atoms with Crippen LogP contribution in [0.3, 0.4) is 0 Å². The van der Waals surface area contributed by atoms with Gasteiger partial charge in [-0.1, -0.05) is 35.4 Å². The van der Waals surface area contributed by atoms with Gasteiger partial charge in [0.15, 0.2) is 5.65 Å². The van der Waals surface area contributed by atoms with Crippen molar-refractivity contribution in [2.24, 2.45) is 0 Å². The lowest BCUT2D eigenvalue weighted by atomic mass is 10.1. The first kappa shape index (κ1) is 11.2. The maximum atomic E-state index is 6.15. The molecule has 0 spiro atoms. The van der Waals surface area contributed by atoms with E-state index in [0.29, 0.717) is 5.15 Å². The summed E-state index contributed by atoms with van der Waals surface area (Å²) in [6.45, 7) is 3.99. The molecule has 2 aromatic heterocycles. The summed E-state index contributed by atoms with van der Waals surface area (Å²) < 4.78 is 1.66. The van der Waals surface area contributed by atoms with E-state index < -0.39 is 0 Å². The van der Waals surface area contributed by atoms with Crippen LogP contribution in [0.5, 0.6) is 0 Å². The quantitative estimate of drug-likeness (QED) is 0.623. The van der Waals surface area contributed by atoms with Gasteiger partial charge in [-0.3, -0.25) is 0 Å². The Labute approximate surface area is 110 Å². The van der Waals surface area contributed by atoms with Crippen LogP contribution >= 0.6 is 11.6 Å². The zero-order valence-electron chi connectivity index (χ0n) is 10.2. The molecule has 90 valence electrons. The monoisotopic (exact) mass is 257 g/mol. The normalized spacial score (nSPS) is 11.1. The molecule has 0 radical (unpaired) electrons. The fourth-order valence-electron chi connectivity index (χ4n) is 2.00. The van der Waals surface area contributed by atoms with Gasteiger partial charge in [0.05, 0.1) is 5.69 Å². The minimum Gasteiger partial charge on any atom is -0.234 e. The molecule has 0 aliphatic carbocycles. The Bertz CT molecular complexity index is 731. The lowest BCUT2D eigenvalue weighted by Gasteiger charge is -1.98. The molecule has 0 amide bonds. The van der Waals surface area contributed by atoms with Gasteiger partial charge in [-0.2, -0.15) is 5.10 Å². The van der Waals surface area contributed by atoms with Crippen molar-refractivity contribution in [3.8, 4) is 11.3 Å². The third kappa shape index (κ3) is 1.87. The van der Waals surface area contributed by atoms with Gasteiger partial charge in [-0.05, 0) is 26.0 Å². The Morgan fingerprint density at radius 2 is 1.94 bits per heavy atom. The largest absolute Gasteiger partial charge is 0.234 e. The second-order valence-electron chi connectivity index (χ2n) is 4.39. The van der Waals surface area contributed by atoms with Gasteiger partial charge in [0.1, 0.15) is 5.15 Å². The number of hydrogen-bond donors (Lipinski definition) is 0. The summed E-state index contributed by atoms with van der Waals surface area (Å²) in [7, 11) is 0. The second kappa shape index (κ2) is 4.10. The SMILES string of the molecule is Cc1cccc(-c2cc3nc(C)cc(Cl)n3n2)c1. The lowest BCUT2D eigenvalue weighted by molar-refractivity contribution is 0.934. The van der Waals surface area contributed by atoms with Crippen LogP contribution in [0.25, 0.3) is 16.9 Å². The molecule has 0 aliphatic heterocycles. The molecule has 0 N–H and O–H groups in total. The van der Waals surface area contributed by atoms with Crippen molar-refractivity contribution in [2.75, 3.05) is 0 Å². The fourth-order valence-corrected chi connectivity index (χ4v) is 2.28. The highest BCUT2D eigenvalue weighted by molar-refractivity contribution is 6.29. The first-order chi connectivity index (χ1) is 8.63. The van der Waals surface area contributed by atoms with E-state index in [9.17, 15) is 0 Å². The third-order valence-electron chi connectivity index (χ3n) is 2.83. The molecule has 3 nitrogen and oxygen atoms in total. The summed E-state index contributed by atoms with van der Waals surface area (Å²) in [5.74, 6) is 0. The number of aromatic nitrogens is 3. The molecule has 18 heavy (non-hydrogen) atoms. The van der Waals surface area contributed by atoms with Gasteiger partial charge in [-0.25, -0.2) is 9.50 Å². The maximum Gasteiger partial charge on any atom is 0.157 e. The average Bonchev–Trinajstić information content (AvgIpc) is 2.73. The van der Waals surface area contributed by atoms with Crippen LogP contribution in [0.15, 0.2) is 36.4 Å². The van der Waals surface area contributed by atoms with Gasteiger partial charge in [-0.15, -0.1) is 0 Å². The predicted octanol–water partition coefficient (Wildman–Crippen LogP) is 3.67. The van der Waals surface area contributed by atoms with Crippen LogP contribution in [-0.4, -0.2) is 14.6 Å². The molecule has 0 saturated carbocycles. The average molecular weight is 258 g/mol. The van der Waals surface area contributed by atoms with E-state index in [-0.39, 0.29) is 0 Å². The highest BCUT2D eigenvalue weighted by Gasteiger charge is 2.08. The topological polar surface area (TPSA) is 30.2 Å². The second-order valence-corrected chi connectivity index (χ2v) is 4.78. The Balaban J connectivity index is 2.22. The van der Waals surface area contributed by atoms with E-state index in [1.807, 2.05) is 31.2 Å². The molecule has 0 aliphatic rings. The minimum absolute atomic E-state index is 0.580. The van der Waals surface area contributed by atoms with Gasteiger partial charge >= 0.3 is 0 Å². The van der Waals surface area contributed by atoms with Gasteiger partial charge < -0.3 is 0 Å². The molecule has 2 heterocycles. The van der Waals surface area contributed by atoms with E-state index in [1.54, 1.807) is 4.52 Å². The molecule has 1 aromatic carbocycles. The Kier molecular flexibility index (Phi) is 2.56. The van der Waals surface area contributed by atoms with E-state index in [2.05, 4.69) is 29.1 Å². The number of halogens is 1. The molecule has 3 rings (SSSR count). The van der Waals surface area contributed by atoms with Crippen LogP contribution < -0.4 is 0 Å². The first-order valence-electron chi connectivity index (χ1n) is 5.73. The lowest BCUT2D eigenvalue weighted by Crippen LogP contribution is -1.93. The third-order valence-corrected chi connectivity index (χ3v) is 3.09. The smallest absolute Gasteiger partial charge is 0.157 e. The van der Waals surface area contributed by atoms with E-state index in [4.69, 9.17) is 11.6 Å². The number of aryl methyl sites for hydroxylation is 2. The van der Waals surface area contributed by atoms with E-state index in [1.165, 1.54) is 5.56 Å². The van der Waals surface area contributed by atoms with Crippen molar-refractivity contribution in [2.45, 2.75) is 13.8 Å².